The van der Waals surface area contributed by atoms with Gasteiger partial charge in [-0.2, -0.15) is 0 Å². The molecule has 0 amide bonds. The third-order valence-electron chi connectivity index (χ3n) is 3.51. The van der Waals surface area contributed by atoms with Crippen molar-refractivity contribution >= 4 is 0 Å². The van der Waals surface area contributed by atoms with E-state index in [2.05, 4.69) is 63.3 Å². The van der Waals surface area contributed by atoms with Crippen LogP contribution in [0.2, 0.25) is 0 Å². The summed E-state index contributed by atoms with van der Waals surface area (Å²) < 4.78 is 0. The van der Waals surface area contributed by atoms with Gasteiger partial charge in [-0.25, -0.2) is 0 Å². The Labute approximate surface area is 113 Å². The monoisotopic (exact) mass is 247 g/mol. The van der Waals surface area contributed by atoms with Gasteiger partial charge in [-0.15, -0.1) is 0 Å². The average Bonchev–Trinajstić information content (AvgIpc) is 2.37. The van der Waals surface area contributed by atoms with E-state index >= 15 is 0 Å². The van der Waals surface area contributed by atoms with Gasteiger partial charge in [-0.3, -0.25) is 0 Å². The van der Waals surface area contributed by atoms with Gasteiger partial charge in [0.2, 0.25) is 0 Å². The number of rotatable bonds is 8. The second-order valence-electron chi connectivity index (χ2n) is 5.57. The predicted octanol–water partition coefficient (Wildman–Crippen LogP) is 4.94. The maximum atomic E-state index is 3.87. The Kier molecular flexibility index (Phi) is 7.04. The van der Waals surface area contributed by atoms with Crippen LogP contribution >= 0.6 is 0 Å². The molecule has 0 radical (unpaired) electrons. The van der Waals surface area contributed by atoms with Crippen molar-refractivity contribution < 1.29 is 0 Å². The van der Waals surface area contributed by atoms with Gasteiger partial charge in [-0.1, -0.05) is 70.9 Å². The zero-order chi connectivity index (χ0) is 13.4. The van der Waals surface area contributed by atoms with Gasteiger partial charge in [0.15, 0.2) is 0 Å². The van der Waals surface area contributed by atoms with E-state index in [-0.39, 0.29) is 0 Å². The summed E-state index contributed by atoms with van der Waals surface area (Å²) in [6.07, 6.45) is 5.09. The van der Waals surface area contributed by atoms with E-state index in [9.17, 15) is 0 Å². The summed E-state index contributed by atoms with van der Waals surface area (Å²) in [6, 6.07) is 12.0. The third kappa shape index (κ3) is 4.81. The second-order valence-corrected chi connectivity index (χ2v) is 5.57. The molecule has 1 unspecified atom stereocenters. The molecular formula is C17H29N. The molecule has 1 nitrogen and oxygen atoms in total. The number of nitrogens with one attached hydrogen (secondary N) is 1. The maximum absolute atomic E-state index is 3.87. The molecule has 0 saturated heterocycles. The van der Waals surface area contributed by atoms with Crippen LogP contribution in [0.25, 0.3) is 0 Å². The largest absolute Gasteiger partial charge is 0.307 e. The fourth-order valence-electron chi connectivity index (χ4n) is 2.60. The van der Waals surface area contributed by atoms with Gasteiger partial charge in [0.05, 0.1) is 0 Å². The average molecular weight is 247 g/mol. The minimum absolute atomic E-state index is 0.481. The van der Waals surface area contributed by atoms with E-state index in [1.165, 1.54) is 31.2 Å². The molecule has 0 fully saturated rings. The number of hydrogen-bond donors (Lipinski definition) is 1. The maximum Gasteiger partial charge on any atom is 0.0345 e. The summed E-state index contributed by atoms with van der Waals surface area (Å²) in [6.45, 7) is 9.16. The molecule has 0 bridgehead atoms. The fourth-order valence-corrected chi connectivity index (χ4v) is 2.60. The topological polar surface area (TPSA) is 12.0 Å². The van der Waals surface area contributed by atoms with Gasteiger partial charge in [0.25, 0.3) is 0 Å². The summed E-state index contributed by atoms with van der Waals surface area (Å²) in [5.41, 5.74) is 1.42. The smallest absolute Gasteiger partial charge is 0.0345 e. The van der Waals surface area contributed by atoms with E-state index in [0.29, 0.717) is 18.0 Å². The van der Waals surface area contributed by atoms with Crippen molar-refractivity contribution in [3.8, 4) is 0 Å². The van der Waals surface area contributed by atoms with E-state index in [0.717, 1.165) is 0 Å². The zero-order valence-corrected chi connectivity index (χ0v) is 12.4. The molecule has 18 heavy (non-hydrogen) atoms. The first-order valence-corrected chi connectivity index (χ1v) is 7.50. The Balaban J connectivity index is 2.73. The van der Waals surface area contributed by atoms with Crippen molar-refractivity contribution in [2.75, 3.05) is 0 Å². The molecule has 1 atom stereocenters. The van der Waals surface area contributed by atoms with Crippen LogP contribution in [0.3, 0.4) is 0 Å². The summed E-state index contributed by atoms with van der Waals surface area (Å²) >= 11 is 0. The lowest BCUT2D eigenvalue weighted by Gasteiger charge is -2.29. The Morgan fingerprint density at radius 2 is 1.50 bits per heavy atom. The lowest BCUT2D eigenvalue weighted by atomic mass is 9.94. The molecule has 1 aromatic carbocycles. The van der Waals surface area contributed by atoms with Gasteiger partial charge in [0.1, 0.15) is 0 Å². The molecule has 0 saturated carbocycles. The van der Waals surface area contributed by atoms with Gasteiger partial charge >= 0.3 is 0 Å². The van der Waals surface area contributed by atoms with E-state index in [4.69, 9.17) is 0 Å². The van der Waals surface area contributed by atoms with Crippen molar-refractivity contribution in [2.45, 2.75) is 65.5 Å². The highest BCUT2D eigenvalue weighted by molar-refractivity contribution is 5.19. The second kappa shape index (κ2) is 8.31. The number of hydrogen-bond acceptors (Lipinski definition) is 1. The molecule has 102 valence electrons. The van der Waals surface area contributed by atoms with Crippen LogP contribution < -0.4 is 5.32 Å². The van der Waals surface area contributed by atoms with Crippen molar-refractivity contribution in [1.29, 1.82) is 0 Å². The van der Waals surface area contributed by atoms with Crippen LogP contribution in [0.5, 0.6) is 0 Å². The summed E-state index contributed by atoms with van der Waals surface area (Å²) in [7, 11) is 0. The minimum atomic E-state index is 0.481. The molecule has 0 aliphatic rings. The van der Waals surface area contributed by atoms with Crippen LogP contribution in [0.15, 0.2) is 30.3 Å². The van der Waals surface area contributed by atoms with Gasteiger partial charge in [-0.05, 0) is 24.3 Å². The molecular weight excluding hydrogens is 218 g/mol. The first kappa shape index (κ1) is 15.2. The third-order valence-corrected chi connectivity index (χ3v) is 3.51. The molecule has 0 aliphatic carbocycles. The van der Waals surface area contributed by atoms with Crippen LogP contribution in [-0.2, 0) is 0 Å². The molecule has 0 spiro atoms. The van der Waals surface area contributed by atoms with Crippen molar-refractivity contribution in [1.82, 2.24) is 5.32 Å². The Bertz CT molecular complexity index is 299. The first-order valence-electron chi connectivity index (χ1n) is 7.50. The Morgan fingerprint density at radius 3 is 1.94 bits per heavy atom. The minimum Gasteiger partial charge on any atom is -0.307 e. The van der Waals surface area contributed by atoms with Crippen LogP contribution in [0, 0.1) is 5.92 Å². The van der Waals surface area contributed by atoms with Gasteiger partial charge < -0.3 is 5.32 Å². The lowest BCUT2D eigenvalue weighted by Crippen LogP contribution is -2.35. The highest BCUT2D eigenvalue weighted by Gasteiger charge is 2.18. The molecule has 1 heteroatoms. The zero-order valence-electron chi connectivity index (χ0n) is 12.4. The summed E-state index contributed by atoms with van der Waals surface area (Å²) in [4.78, 5) is 0. The van der Waals surface area contributed by atoms with Crippen LogP contribution in [0.1, 0.15) is 65.0 Å². The van der Waals surface area contributed by atoms with Crippen LogP contribution in [-0.4, -0.2) is 6.04 Å². The predicted molar refractivity (Wildman–Crippen MR) is 80.8 cm³/mol. The highest BCUT2D eigenvalue weighted by Crippen LogP contribution is 2.23. The van der Waals surface area contributed by atoms with E-state index < -0.39 is 0 Å². The standard InChI is InChI=1S/C17H29N/c1-5-10-16(11-6-2)18-17(14(3)4)15-12-8-7-9-13-15/h7-9,12-14,16-18H,5-6,10-11H2,1-4H3. The first-order chi connectivity index (χ1) is 8.69. The molecule has 1 rings (SSSR count). The van der Waals surface area contributed by atoms with E-state index in [1.54, 1.807) is 0 Å². The molecule has 0 heterocycles. The van der Waals surface area contributed by atoms with Crippen molar-refractivity contribution in [3.05, 3.63) is 35.9 Å². The molecule has 0 aromatic heterocycles. The lowest BCUT2D eigenvalue weighted by molar-refractivity contribution is 0.332. The highest BCUT2D eigenvalue weighted by atomic mass is 15.0. The number of benzene rings is 1. The summed E-state index contributed by atoms with van der Waals surface area (Å²) in [5.74, 6) is 0.628. The van der Waals surface area contributed by atoms with Crippen LogP contribution in [0.4, 0.5) is 0 Å². The fraction of sp³-hybridized carbons (Fsp3) is 0.647. The molecule has 1 aromatic rings. The molecule has 0 aliphatic heterocycles. The van der Waals surface area contributed by atoms with Crippen molar-refractivity contribution in [3.63, 3.8) is 0 Å². The normalized spacial score (nSPS) is 13.2. The van der Waals surface area contributed by atoms with Crippen molar-refractivity contribution in [2.24, 2.45) is 5.92 Å². The Morgan fingerprint density at radius 1 is 0.944 bits per heavy atom. The Hall–Kier alpha value is -0.820. The quantitative estimate of drug-likeness (QED) is 0.686. The molecule has 1 N–H and O–H groups in total. The summed E-state index contributed by atoms with van der Waals surface area (Å²) in [5, 5.41) is 3.87. The van der Waals surface area contributed by atoms with E-state index in [1.807, 2.05) is 0 Å². The van der Waals surface area contributed by atoms with Gasteiger partial charge in [0, 0.05) is 12.1 Å². The SMILES string of the molecule is CCCC(CCC)NC(c1ccccc1)C(C)C.